The summed E-state index contributed by atoms with van der Waals surface area (Å²) in [5, 5.41) is 0. The Morgan fingerprint density at radius 1 is 1.24 bits per heavy atom. The van der Waals surface area contributed by atoms with Crippen LogP contribution in [0.3, 0.4) is 0 Å². The molecule has 17 heavy (non-hydrogen) atoms. The first-order valence-electron chi connectivity index (χ1n) is 6.44. The normalized spacial score (nSPS) is 14.0. The van der Waals surface area contributed by atoms with Crippen LogP contribution in [-0.2, 0) is 19.3 Å². The van der Waals surface area contributed by atoms with E-state index in [2.05, 4.69) is 41.7 Å². The molecule has 1 aromatic carbocycles. The summed E-state index contributed by atoms with van der Waals surface area (Å²) in [5.41, 5.74) is 7.03. The maximum Gasteiger partial charge on any atom is 0.0995 e. The van der Waals surface area contributed by atoms with E-state index < -0.39 is 0 Å². The average molecular weight is 226 g/mol. The summed E-state index contributed by atoms with van der Waals surface area (Å²) in [6.45, 7) is 4.37. The molecule has 88 valence electrons. The molecule has 1 heterocycles. The molecule has 0 spiro atoms. The zero-order chi connectivity index (χ0) is 11.8. The first-order chi connectivity index (χ1) is 8.29. The Hall–Kier alpha value is -1.57. The topological polar surface area (TPSA) is 17.8 Å². The van der Waals surface area contributed by atoms with Crippen LogP contribution in [0.25, 0.3) is 5.69 Å². The molecule has 1 aliphatic rings. The summed E-state index contributed by atoms with van der Waals surface area (Å²) in [6.07, 6.45) is 8.85. The van der Waals surface area contributed by atoms with Crippen molar-refractivity contribution in [3.63, 3.8) is 0 Å². The largest absolute Gasteiger partial charge is 0.306 e. The van der Waals surface area contributed by atoms with Crippen LogP contribution >= 0.6 is 0 Å². The van der Waals surface area contributed by atoms with Crippen LogP contribution < -0.4 is 0 Å². The summed E-state index contributed by atoms with van der Waals surface area (Å²) in [7, 11) is 0. The van der Waals surface area contributed by atoms with E-state index >= 15 is 0 Å². The first kappa shape index (κ1) is 10.6. The molecule has 0 aliphatic heterocycles. The van der Waals surface area contributed by atoms with Gasteiger partial charge in [0.05, 0.1) is 12.0 Å². The molecule has 0 unspecified atom stereocenters. The van der Waals surface area contributed by atoms with Crippen molar-refractivity contribution in [2.24, 2.45) is 0 Å². The van der Waals surface area contributed by atoms with Gasteiger partial charge in [0.1, 0.15) is 0 Å². The van der Waals surface area contributed by atoms with Crippen molar-refractivity contribution < 1.29 is 0 Å². The summed E-state index contributed by atoms with van der Waals surface area (Å²) in [5.74, 6) is 0. The fourth-order valence-corrected chi connectivity index (χ4v) is 2.79. The Morgan fingerprint density at radius 3 is 2.82 bits per heavy atom. The number of nitrogens with zero attached hydrogens (tertiary/aromatic N) is 2. The number of hydrogen-bond donors (Lipinski definition) is 0. The van der Waals surface area contributed by atoms with Crippen LogP contribution in [0.15, 0.2) is 24.7 Å². The summed E-state index contributed by atoms with van der Waals surface area (Å²) < 4.78 is 2.18. The molecule has 0 saturated heterocycles. The Labute approximate surface area is 102 Å². The van der Waals surface area contributed by atoms with E-state index in [4.69, 9.17) is 0 Å². The second-order valence-electron chi connectivity index (χ2n) is 4.84. The van der Waals surface area contributed by atoms with Crippen LogP contribution in [0.4, 0.5) is 0 Å². The average Bonchev–Trinajstić information content (AvgIpc) is 2.98. The van der Waals surface area contributed by atoms with Gasteiger partial charge in [0.15, 0.2) is 0 Å². The second kappa shape index (κ2) is 4.02. The van der Waals surface area contributed by atoms with Gasteiger partial charge in [0.2, 0.25) is 0 Å². The number of fused-ring (bicyclic) bond motifs is 1. The van der Waals surface area contributed by atoms with Gasteiger partial charge in [-0.15, -0.1) is 0 Å². The highest BCUT2D eigenvalue weighted by atomic mass is 15.0. The number of aryl methyl sites for hydroxylation is 2. The number of aromatic nitrogens is 2. The molecule has 2 aromatic rings. The minimum atomic E-state index is 1.00. The first-order valence-corrected chi connectivity index (χ1v) is 6.44. The zero-order valence-electron chi connectivity index (χ0n) is 10.5. The zero-order valence-corrected chi connectivity index (χ0v) is 10.5. The fourth-order valence-electron chi connectivity index (χ4n) is 2.79. The Morgan fingerprint density at radius 2 is 2.06 bits per heavy atom. The van der Waals surface area contributed by atoms with Gasteiger partial charge in [-0.25, -0.2) is 4.98 Å². The minimum Gasteiger partial charge on any atom is -0.306 e. The predicted molar refractivity (Wildman–Crippen MR) is 69.7 cm³/mol. The molecule has 2 heteroatoms. The monoisotopic (exact) mass is 226 g/mol. The molecule has 1 aliphatic carbocycles. The molecule has 0 N–H and O–H groups in total. The van der Waals surface area contributed by atoms with Gasteiger partial charge in [0, 0.05) is 11.9 Å². The summed E-state index contributed by atoms with van der Waals surface area (Å²) in [6, 6.07) is 4.48. The van der Waals surface area contributed by atoms with Crippen LogP contribution in [0.2, 0.25) is 0 Å². The van der Waals surface area contributed by atoms with Crippen molar-refractivity contribution in [1.29, 1.82) is 0 Å². The molecule has 0 saturated carbocycles. The smallest absolute Gasteiger partial charge is 0.0995 e. The van der Waals surface area contributed by atoms with E-state index in [9.17, 15) is 0 Å². The van der Waals surface area contributed by atoms with Gasteiger partial charge in [0.25, 0.3) is 0 Å². The Kier molecular flexibility index (Phi) is 2.50. The molecule has 1 aromatic heterocycles. The highest BCUT2D eigenvalue weighted by Gasteiger charge is 2.17. The highest BCUT2D eigenvalue weighted by Crippen LogP contribution is 2.30. The van der Waals surface area contributed by atoms with E-state index in [-0.39, 0.29) is 0 Å². The number of benzene rings is 1. The van der Waals surface area contributed by atoms with Crippen LogP contribution in [0.1, 0.15) is 35.7 Å². The van der Waals surface area contributed by atoms with Crippen molar-refractivity contribution >= 4 is 0 Å². The maximum atomic E-state index is 4.42. The van der Waals surface area contributed by atoms with Gasteiger partial charge in [-0.2, -0.15) is 0 Å². The van der Waals surface area contributed by atoms with Crippen molar-refractivity contribution in [3.8, 4) is 5.69 Å². The van der Waals surface area contributed by atoms with Gasteiger partial charge in [-0.1, -0.05) is 13.0 Å². The minimum absolute atomic E-state index is 1.00. The van der Waals surface area contributed by atoms with Crippen molar-refractivity contribution in [2.45, 2.75) is 39.5 Å². The predicted octanol–water partition coefficient (Wildman–Crippen LogP) is 3.23. The molecule has 0 atom stereocenters. The van der Waals surface area contributed by atoms with E-state index in [1.807, 2.05) is 6.33 Å². The van der Waals surface area contributed by atoms with Gasteiger partial charge >= 0.3 is 0 Å². The van der Waals surface area contributed by atoms with Gasteiger partial charge < -0.3 is 4.57 Å². The van der Waals surface area contributed by atoms with Crippen LogP contribution in [-0.4, -0.2) is 9.55 Å². The standard InChI is InChI=1S/C15H18N2/c1-3-12-9-17(10-16-12)15-8-7-11(2)13-5-4-6-14(13)15/h7-10H,3-6H2,1-2H3. The summed E-state index contributed by atoms with van der Waals surface area (Å²) in [4.78, 5) is 4.42. The van der Waals surface area contributed by atoms with E-state index in [0.717, 1.165) is 12.1 Å². The molecule has 0 bridgehead atoms. The third kappa shape index (κ3) is 1.68. The molecule has 2 nitrogen and oxygen atoms in total. The van der Waals surface area contributed by atoms with Crippen molar-refractivity contribution in [2.75, 3.05) is 0 Å². The number of hydrogen-bond acceptors (Lipinski definition) is 1. The third-order valence-corrected chi connectivity index (χ3v) is 3.77. The molecule has 0 radical (unpaired) electrons. The molecule has 0 amide bonds. The Balaban J connectivity index is 2.12. The van der Waals surface area contributed by atoms with Crippen molar-refractivity contribution in [1.82, 2.24) is 9.55 Å². The van der Waals surface area contributed by atoms with E-state index in [0.29, 0.717) is 0 Å². The quantitative estimate of drug-likeness (QED) is 0.768. The lowest BCUT2D eigenvalue weighted by Gasteiger charge is -2.11. The van der Waals surface area contributed by atoms with Crippen molar-refractivity contribution in [3.05, 3.63) is 47.0 Å². The molecular weight excluding hydrogens is 208 g/mol. The molecule has 0 fully saturated rings. The third-order valence-electron chi connectivity index (χ3n) is 3.77. The van der Waals surface area contributed by atoms with Gasteiger partial charge in [-0.3, -0.25) is 0 Å². The lowest BCUT2D eigenvalue weighted by Crippen LogP contribution is -1.98. The fraction of sp³-hybridized carbons (Fsp3) is 0.400. The lowest BCUT2D eigenvalue weighted by atomic mass is 10.0. The lowest BCUT2D eigenvalue weighted by molar-refractivity contribution is 0.903. The molecule has 3 rings (SSSR count). The van der Waals surface area contributed by atoms with E-state index in [1.54, 1.807) is 5.56 Å². The Bertz CT molecular complexity index is 552. The number of imidazole rings is 1. The van der Waals surface area contributed by atoms with Gasteiger partial charge in [-0.05, 0) is 55.4 Å². The highest BCUT2D eigenvalue weighted by molar-refractivity contribution is 5.51. The maximum absolute atomic E-state index is 4.42. The SMILES string of the molecule is CCc1cn(-c2ccc(C)c3c2CCC3)cn1. The van der Waals surface area contributed by atoms with E-state index in [1.165, 1.54) is 36.1 Å². The van der Waals surface area contributed by atoms with Crippen LogP contribution in [0, 0.1) is 6.92 Å². The second-order valence-corrected chi connectivity index (χ2v) is 4.84. The number of rotatable bonds is 2. The van der Waals surface area contributed by atoms with Crippen LogP contribution in [0.5, 0.6) is 0 Å². The summed E-state index contributed by atoms with van der Waals surface area (Å²) >= 11 is 0. The molecular formula is C15H18N2.